The van der Waals surface area contributed by atoms with Crippen molar-refractivity contribution in [3.8, 4) is 0 Å². The summed E-state index contributed by atoms with van der Waals surface area (Å²) in [6, 6.07) is 0. The normalized spacial score (nSPS) is 12.0. The van der Waals surface area contributed by atoms with Crippen LogP contribution < -0.4 is 10.6 Å². The number of hydrogen-bond acceptors (Lipinski definition) is 6. The molecular formula is C22H38N2O6. The first-order valence-corrected chi connectivity index (χ1v) is 10.4. The Bertz CT molecular complexity index is 548. The topological polar surface area (TPSA) is 114 Å². The molecule has 0 saturated heterocycles. The summed E-state index contributed by atoms with van der Waals surface area (Å²) in [5.74, 6) is -1.44. The second-order valence-corrected chi connectivity index (χ2v) is 7.68. The number of rotatable bonds is 18. The highest BCUT2D eigenvalue weighted by Crippen LogP contribution is 2.13. The number of carbonyl (C=O) groups excluding carboxylic acids is 3. The highest BCUT2D eigenvalue weighted by Gasteiger charge is 2.28. The molecule has 172 valence electrons. The molecule has 30 heavy (non-hydrogen) atoms. The van der Waals surface area contributed by atoms with E-state index >= 15 is 0 Å². The summed E-state index contributed by atoms with van der Waals surface area (Å²) in [6.45, 7) is 11.6. The van der Waals surface area contributed by atoms with Crippen LogP contribution in [0.1, 0.15) is 52.4 Å². The van der Waals surface area contributed by atoms with Crippen LogP contribution in [-0.2, 0) is 23.9 Å². The van der Waals surface area contributed by atoms with Gasteiger partial charge in [-0.15, -0.1) is 13.2 Å². The molecular weight excluding hydrogens is 388 g/mol. The molecule has 0 bridgehead atoms. The van der Waals surface area contributed by atoms with Gasteiger partial charge in [-0.25, -0.2) is 0 Å². The van der Waals surface area contributed by atoms with E-state index in [1.54, 1.807) is 19.9 Å². The number of aliphatic hydroxyl groups excluding tert-OH is 1. The highest BCUT2D eigenvalue weighted by molar-refractivity contribution is 5.86. The Hall–Kier alpha value is -2.19. The fourth-order valence-corrected chi connectivity index (χ4v) is 2.57. The van der Waals surface area contributed by atoms with Crippen molar-refractivity contribution < 1.29 is 29.0 Å². The molecule has 0 fully saturated rings. The van der Waals surface area contributed by atoms with Gasteiger partial charge in [0.2, 0.25) is 11.8 Å². The van der Waals surface area contributed by atoms with Gasteiger partial charge in [0, 0.05) is 19.4 Å². The van der Waals surface area contributed by atoms with Crippen LogP contribution >= 0.6 is 0 Å². The predicted octanol–water partition coefficient (Wildman–Crippen LogP) is 1.88. The minimum Gasteiger partial charge on any atom is -0.463 e. The lowest BCUT2D eigenvalue weighted by Gasteiger charge is -2.28. The van der Waals surface area contributed by atoms with Crippen molar-refractivity contribution in [1.29, 1.82) is 0 Å². The Morgan fingerprint density at radius 3 is 2.50 bits per heavy atom. The van der Waals surface area contributed by atoms with Crippen molar-refractivity contribution in [2.75, 3.05) is 33.0 Å². The van der Waals surface area contributed by atoms with Crippen molar-refractivity contribution in [3.63, 3.8) is 0 Å². The SMILES string of the molecule is C=CCCCCC(=O)OCC(C)(C)NC(=O)[C@@H](CC=C)CC(=O)NCCOCCO. The van der Waals surface area contributed by atoms with Crippen molar-refractivity contribution in [1.82, 2.24) is 10.6 Å². The van der Waals surface area contributed by atoms with Gasteiger partial charge in [-0.1, -0.05) is 12.2 Å². The Morgan fingerprint density at radius 2 is 1.87 bits per heavy atom. The number of carbonyl (C=O) groups is 3. The molecule has 1 atom stereocenters. The van der Waals surface area contributed by atoms with Gasteiger partial charge in [-0.2, -0.15) is 0 Å². The van der Waals surface area contributed by atoms with Crippen molar-refractivity contribution in [2.24, 2.45) is 5.92 Å². The number of esters is 1. The molecule has 0 aliphatic heterocycles. The molecule has 0 spiro atoms. The first kappa shape index (κ1) is 27.8. The summed E-state index contributed by atoms with van der Waals surface area (Å²) in [5.41, 5.74) is -0.762. The van der Waals surface area contributed by atoms with Crippen LogP contribution in [-0.4, -0.2) is 61.4 Å². The Balaban J connectivity index is 4.44. The van der Waals surface area contributed by atoms with Gasteiger partial charge in [0.15, 0.2) is 0 Å². The zero-order valence-corrected chi connectivity index (χ0v) is 18.4. The molecule has 0 unspecified atom stereocenters. The fraction of sp³-hybridized carbons (Fsp3) is 0.682. The lowest BCUT2D eigenvalue weighted by Crippen LogP contribution is -2.50. The molecule has 0 aromatic rings. The Morgan fingerprint density at radius 1 is 1.13 bits per heavy atom. The molecule has 0 saturated carbocycles. The van der Waals surface area contributed by atoms with Crippen molar-refractivity contribution >= 4 is 17.8 Å². The largest absolute Gasteiger partial charge is 0.463 e. The maximum absolute atomic E-state index is 12.6. The van der Waals surface area contributed by atoms with Gasteiger partial charge >= 0.3 is 5.97 Å². The standard InChI is InChI=1S/C22H38N2O6/c1-5-7-8-9-11-20(27)30-17-22(3,4)24-21(28)18(10-6-2)16-19(26)23-12-14-29-15-13-25/h5-6,18,25H,1-2,7-17H2,3-4H3,(H,23,26)(H,24,28)/t18-/m0/s1. The van der Waals surface area contributed by atoms with E-state index in [1.807, 2.05) is 6.08 Å². The van der Waals surface area contributed by atoms with E-state index < -0.39 is 11.5 Å². The first-order chi connectivity index (χ1) is 14.3. The summed E-state index contributed by atoms with van der Waals surface area (Å²) >= 11 is 0. The average molecular weight is 427 g/mol. The minimum atomic E-state index is -0.762. The number of unbranched alkanes of at least 4 members (excludes halogenated alkanes) is 2. The van der Waals surface area contributed by atoms with Crippen LogP contribution in [0, 0.1) is 5.92 Å². The van der Waals surface area contributed by atoms with E-state index in [1.165, 1.54) is 0 Å². The number of ether oxygens (including phenoxy) is 2. The van der Waals surface area contributed by atoms with Crippen LogP contribution in [0.2, 0.25) is 0 Å². The third-order valence-corrected chi connectivity index (χ3v) is 4.15. The Kier molecular flexibility index (Phi) is 15.4. The lowest BCUT2D eigenvalue weighted by molar-refractivity contribution is -0.147. The molecule has 0 aromatic carbocycles. The smallest absolute Gasteiger partial charge is 0.305 e. The van der Waals surface area contributed by atoms with Crippen LogP contribution in [0.25, 0.3) is 0 Å². The molecule has 0 aliphatic rings. The lowest BCUT2D eigenvalue weighted by atomic mass is 9.97. The third-order valence-electron chi connectivity index (χ3n) is 4.15. The van der Waals surface area contributed by atoms with E-state index in [2.05, 4.69) is 23.8 Å². The fourth-order valence-electron chi connectivity index (χ4n) is 2.57. The molecule has 8 heteroatoms. The van der Waals surface area contributed by atoms with Crippen LogP contribution in [0.5, 0.6) is 0 Å². The molecule has 0 heterocycles. The maximum atomic E-state index is 12.6. The minimum absolute atomic E-state index is 0.0109. The van der Waals surface area contributed by atoms with Crippen LogP contribution in [0.15, 0.2) is 25.3 Å². The van der Waals surface area contributed by atoms with Gasteiger partial charge in [0.25, 0.3) is 0 Å². The zero-order valence-electron chi connectivity index (χ0n) is 18.4. The zero-order chi connectivity index (χ0) is 22.8. The molecule has 0 aromatic heterocycles. The summed E-state index contributed by atoms with van der Waals surface area (Å²) in [4.78, 5) is 36.6. The molecule has 0 rings (SSSR count). The second-order valence-electron chi connectivity index (χ2n) is 7.68. The average Bonchev–Trinajstić information content (AvgIpc) is 2.69. The Labute approximate surface area is 180 Å². The second kappa shape index (κ2) is 16.6. The number of amides is 2. The van der Waals surface area contributed by atoms with Gasteiger partial charge < -0.3 is 25.2 Å². The summed E-state index contributed by atoms with van der Waals surface area (Å²) in [6.07, 6.45) is 6.59. The van der Waals surface area contributed by atoms with E-state index in [9.17, 15) is 14.4 Å². The number of hydrogen-bond donors (Lipinski definition) is 3. The van der Waals surface area contributed by atoms with Crippen molar-refractivity contribution in [2.45, 2.75) is 57.9 Å². The van der Waals surface area contributed by atoms with Gasteiger partial charge in [0.1, 0.15) is 6.61 Å². The number of allylic oxidation sites excluding steroid dienone is 2. The molecule has 3 N–H and O–H groups in total. The van der Waals surface area contributed by atoms with E-state index in [4.69, 9.17) is 14.6 Å². The van der Waals surface area contributed by atoms with E-state index in [0.29, 0.717) is 19.4 Å². The molecule has 0 radical (unpaired) electrons. The first-order valence-electron chi connectivity index (χ1n) is 10.4. The van der Waals surface area contributed by atoms with Crippen LogP contribution in [0.3, 0.4) is 0 Å². The number of nitrogens with one attached hydrogen (secondary N) is 2. The van der Waals surface area contributed by atoms with Gasteiger partial charge in [-0.3, -0.25) is 14.4 Å². The third kappa shape index (κ3) is 14.8. The highest BCUT2D eigenvalue weighted by atomic mass is 16.5. The summed E-state index contributed by atoms with van der Waals surface area (Å²) < 4.78 is 10.4. The van der Waals surface area contributed by atoms with Crippen LogP contribution in [0.4, 0.5) is 0 Å². The molecule has 2 amide bonds. The van der Waals surface area contributed by atoms with E-state index in [0.717, 1.165) is 19.3 Å². The maximum Gasteiger partial charge on any atom is 0.305 e. The van der Waals surface area contributed by atoms with E-state index in [-0.39, 0.29) is 50.6 Å². The predicted molar refractivity (Wildman–Crippen MR) is 116 cm³/mol. The molecule has 0 aliphatic carbocycles. The quantitative estimate of drug-likeness (QED) is 0.175. The molecule has 8 nitrogen and oxygen atoms in total. The van der Waals surface area contributed by atoms with Crippen molar-refractivity contribution in [3.05, 3.63) is 25.3 Å². The number of aliphatic hydroxyl groups is 1. The van der Waals surface area contributed by atoms with Gasteiger partial charge in [-0.05, 0) is 39.5 Å². The monoisotopic (exact) mass is 426 g/mol. The summed E-state index contributed by atoms with van der Waals surface area (Å²) in [7, 11) is 0. The van der Waals surface area contributed by atoms with Gasteiger partial charge in [0.05, 0.1) is 31.3 Å². The summed E-state index contributed by atoms with van der Waals surface area (Å²) in [5, 5.41) is 14.2.